The maximum absolute atomic E-state index is 5.96. The number of halogens is 1. The van der Waals surface area contributed by atoms with Crippen LogP contribution in [0.1, 0.15) is 17.9 Å². The fourth-order valence-electron chi connectivity index (χ4n) is 3.03. The Morgan fingerprint density at radius 1 is 0.846 bits per heavy atom. The number of benzene rings is 2. The van der Waals surface area contributed by atoms with E-state index in [1.165, 1.54) is 14.7 Å². The fourth-order valence-corrected chi connectivity index (χ4v) is 7.92. The van der Waals surface area contributed by atoms with Crippen LogP contribution in [-0.4, -0.2) is 20.3 Å². The molecule has 0 spiro atoms. The molecule has 26 heavy (non-hydrogen) atoms. The minimum atomic E-state index is -1.70. The van der Waals surface area contributed by atoms with Gasteiger partial charge in [-0.2, -0.15) is 0 Å². The molecule has 5 heteroatoms. The van der Waals surface area contributed by atoms with Crippen LogP contribution in [0.2, 0.25) is 0 Å². The van der Waals surface area contributed by atoms with Gasteiger partial charge in [-0.15, -0.1) is 0 Å². The second-order valence-electron chi connectivity index (χ2n) is 6.10. The number of hydrogen-bond acceptors (Lipinski definition) is 4. The number of fused-ring (bicyclic) bond motifs is 5. The number of hydrogen-bond donors (Lipinski definition) is 0. The molecule has 2 aliphatic rings. The van der Waals surface area contributed by atoms with Crippen LogP contribution in [0.4, 0.5) is 0 Å². The molecule has 2 aromatic carbocycles. The predicted octanol–water partition coefficient (Wildman–Crippen LogP) is 5.17. The fraction of sp³-hybridized carbons (Fsp3) is 0.0952. The average molecular weight is 453 g/mol. The molecule has 0 unspecified atom stereocenters. The van der Waals surface area contributed by atoms with Crippen molar-refractivity contribution in [2.75, 3.05) is 4.43 Å². The minimum absolute atomic E-state index is 0.512. The summed E-state index contributed by atoms with van der Waals surface area (Å²) in [5, 5.41) is 8.51. The second-order valence-corrected chi connectivity index (χ2v) is 10.7. The molecular formula is C21H16IN3O. The van der Waals surface area contributed by atoms with Crippen LogP contribution in [0.5, 0.6) is 0 Å². The SMILES string of the molecule is C1=Cc2ccccc2I2CCC1=CC(c1nnc(-c3ccccc3)o1)=N2. The molecule has 3 heterocycles. The molecular weight excluding hydrogens is 437 g/mol. The van der Waals surface area contributed by atoms with E-state index < -0.39 is 20.1 Å². The number of alkyl halides is 1. The number of rotatable bonds is 2. The molecule has 0 fully saturated rings. The van der Waals surface area contributed by atoms with Crippen LogP contribution in [0.3, 0.4) is 0 Å². The van der Waals surface area contributed by atoms with Crippen molar-refractivity contribution in [3.63, 3.8) is 0 Å². The van der Waals surface area contributed by atoms with Crippen LogP contribution < -0.4 is 0 Å². The molecule has 3 aromatic rings. The van der Waals surface area contributed by atoms with Gasteiger partial charge >= 0.3 is 159 Å². The van der Waals surface area contributed by atoms with Crippen molar-refractivity contribution >= 4 is 31.9 Å². The summed E-state index contributed by atoms with van der Waals surface area (Å²) in [6.45, 7) is 0. The molecule has 0 radical (unpaired) electrons. The third-order valence-electron chi connectivity index (χ3n) is 4.36. The van der Waals surface area contributed by atoms with Gasteiger partial charge in [-0.3, -0.25) is 0 Å². The van der Waals surface area contributed by atoms with Crippen LogP contribution in [-0.2, 0) is 0 Å². The Bertz CT molecular complexity index is 1050. The summed E-state index contributed by atoms with van der Waals surface area (Å²) in [6, 6.07) is 18.5. The Kier molecular flexibility index (Phi) is 4.01. The summed E-state index contributed by atoms with van der Waals surface area (Å²) in [7, 11) is 0. The third-order valence-corrected chi connectivity index (χ3v) is 9.35. The summed E-state index contributed by atoms with van der Waals surface area (Å²) in [6.07, 6.45) is 7.58. The van der Waals surface area contributed by atoms with Gasteiger partial charge in [0.2, 0.25) is 0 Å². The Morgan fingerprint density at radius 3 is 2.58 bits per heavy atom. The molecule has 2 aliphatic heterocycles. The Morgan fingerprint density at radius 2 is 1.65 bits per heavy atom. The number of nitrogens with zero attached hydrogens (tertiary/aromatic N) is 3. The van der Waals surface area contributed by atoms with Gasteiger partial charge in [-0.05, 0) is 0 Å². The van der Waals surface area contributed by atoms with E-state index in [0.717, 1.165) is 22.1 Å². The van der Waals surface area contributed by atoms with Crippen molar-refractivity contribution in [3.05, 3.63) is 87.3 Å². The monoisotopic (exact) mass is 453 g/mol. The zero-order valence-electron chi connectivity index (χ0n) is 14.0. The normalized spacial score (nSPS) is 17.0. The van der Waals surface area contributed by atoms with Crippen molar-refractivity contribution < 1.29 is 4.42 Å². The van der Waals surface area contributed by atoms with Crippen molar-refractivity contribution in [1.82, 2.24) is 10.2 Å². The summed E-state index contributed by atoms with van der Waals surface area (Å²) in [5.41, 5.74) is 4.33. The Balaban J connectivity index is 1.59. The van der Waals surface area contributed by atoms with Gasteiger partial charge in [0.1, 0.15) is 0 Å². The summed E-state index contributed by atoms with van der Waals surface area (Å²) >= 11 is -1.70. The van der Waals surface area contributed by atoms with Crippen molar-refractivity contribution in [3.8, 4) is 11.5 Å². The molecule has 5 rings (SSSR count). The quantitative estimate of drug-likeness (QED) is 0.397. The van der Waals surface area contributed by atoms with E-state index in [1.807, 2.05) is 30.3 Å². The molecule has 0 saturated carbocycles. The van der Waals surface area contributed by atoms with Crippen molar-refractivity contribution in [1.29, 1.82) is 0 Å². The van der Waals surface area contributed by atoms with E-state index in [-0.39, 0.29) is 0 Å². The molecule has 4 nitrogen and oxygen atoms in total. The average Bonchev–Trinajstić information content (AvgIpc) is 3.10. The Hall–Kier alpha value is -2.54. The summed E-state index contributed by atoms with van der Waals surface area (Å²) < 4.78 is 13.6. The second kappa shape index (κ2) is 6.64. The van der Waals surface area contributed by atoms with Gasteiger partial charge in [-0.25, -0.2) is 0 Å². The van der Waals surface area contributed by atoms with E-state index in [9.17, 15) is 0 Å². The van der Waals surface area contributed by atoms with Gasteiger partial charge in [0.05, 0.1) is 0 Å². The van der Waals surface area contributed by atoms with Crippen LogP contribution >= 0.6 is 20.1 Å². The van der Waals surface area contributed by atoms with Gasteiger partial charge in [0.15, 0.2) is 0 Å². The third kappa shape index (κ3) is 2.92. The molecule has 128 valence electrons. The van der Waals surface area contributed by atoms with Crippen LogP contribution in [0.15, 0.2) is 79.9 Å². The van der Waals surface area contributed by atoms with Gasteiger partial charge in [-0.1, -0.05) is 0 Å². The van der Waals surface area contributed by atoms with Gasteiger partial charge in [0.25, 0.3) is 0 Å². The predicted molar refractivity (Wildman–Crippen MR) is 112 cm³/mol. The van der Waals surface area contributed by atoms with Gasteiger partial charge < -0.3 is 0 Å². The van der Waals surface area contributed by atoms with E-state index >= 15 is 0 Å². The topological polar surface area (TPSA) is 51.3 Å². The Labute approximate surface area is 159 Å². The van der Waals surface area contributed by atoms with Crippen molar-refractivity contribution in [2.24, 2.45) is 3.21 Å². The standard InChI is InChI=1S/C21H16IN3O/c1-2-7-17(8-3-1)20-24-25-21(26-20)19-14-15-10-11-16-6-4-5-9-18(16)22(23-19)13-12-15/h1-11,14H,12-13H2. The maximum atomic E-state index is 5.96. The first kappa shape index (κ1) is 15.7. The summed E-state index contributed by atoms with van der Waals surface area (Å²) in [4.78, 5) is 0. The van der Waals surface area contributed by atoms with Crippen molar-refractivity contribution in [2.45, 2.75) is 6.42 Å². The molecule has 2 bridgehead atoms. The zero-order chi connectivity index (χ0) is 17.3. The molecule has 0 amide bonds. The first-order valence-corrected chi connectivity index (χ1v) is 12.1. The number of aromatic nitrogens is 2. The van der Waals surface area contributed by atoms with E-state index in [0.29, 0.717) is 11.8 Å². The van der Waals surface area contributed by atoms with Crippen LogP contribution in [0.25, 0.3) is 17.5 Å². The molecule has 0 atom stereocenters. The van der Waals surface area contributed by atoms with E-state index in [1.54, 1.807) is 0 Å². The molecule has 0 saturated heterocycles. The van der Waals surface area contributed by atoms with E-state index in [4.69, 9.17) is 7.62 Å². The first-order chi connectivity index (χ1) is 12.9. The molecule has 1 aromatic heterocycles. The molecule has 0 aliphatic carbocycles. The summed E-state index contributed by atoms with van der Waals surface area (Å²) in [5.74, 6) is 1.05. The van der Waals surface area contributed by atoms with E-state index in [2.05, 4.69) is 52.7 Å². The molecule has 0 N–H and O–H groups in total. The zero-order valence-corrected chi connectivity index (χ0v) is 16.1. The van der Waals surface area contributed by atoms with Gasteiger partial charge in [0, 0.05) is 0 Å². The number of allylic oxidation sites excluding steroid dienone is 3. The van der Waals surface area contributed by atoms with Crippen LogP contribution in [0, 0.1) is 3.57 Å². The first-order valence-electron chi connectivity index (χ1n) is 8.48.